The van der Waals surface area contributed by atoms with Crippen LogP contribution in [0.5, 0.6) is 23.0 Å². The highest BCUT2D eigenvalue weighted by molar-refractivity contribution is 6.06. The van der Waals surface area contributed by atoms with Gasteiger partial charge in [-0.15, -0.1) is 0 Å². The van der Waals surface area contributed by atoms with Crippen molar-refractivity contribution in [3.05, 3.63) is 42.0 Å². The number of rotatable bonds is 3. The summed E-state index contributed by atoms with van der Waals surface area (Å²) in [5.41, 5.74) is 3.90. The second-order valence-corrected chi connectivity index (χ2v) is 7.36. The molecule has 0 spiro atoms. The molecule has 0 saturated heterocycles. The van der Waals surface area contributed by atoms with Crippen molar-refractivity contribution in [2.24, 2.45) is 0 Å². The first kappa shape index (κ1) is 18.4. The third-order valence-electron chi connectivity index (χ3n) is 5.71. The van der Waals surface area contributed by atoms with E-state index in [2.05, 4.69) is 22.3 Å². The van der Waals surface area contributed by atoms with Crippen molar-refractivity contribution < 1.29 is 23.7 Å². The van der Waals surface area contributed by atoms with Gasteiger partial charge in [0.2, 0.25) is 12.7 Å². The van der Waals surface area contributed by atoms with Crippen LogP contribution in [0.3, 0.4) is 0 Å². The van der Waals surface area contributed by atoms with Gasteiger partial charge in [0, 0.05) is 30.5 Å². The number of anilines is 1. The molecule has 0 aromatic heterocycles. The molecule has 1 atom stereocenters. The predicted octanol–water partition coefficient (Wildman–Crippen LogP) is 3.84. The van der Waals surface area contributed by atoms with E-state index in [4.69, 9.17) is 18.9 Å². The van der Waals surface area contributed by atoms with Gasteiger partial charge in [-0.3, -0.25) is 4.79 Å². The lowest BCUT2D eigenvalue weighted by Gasteiger charge is -2.39. The Morgan fingerprint density at radius 2 is 1.80 bits per heavy atom. The highest BCUT2D eigenvalue weighted by Crippen LogP contribution is 2.52. The highest BCUT2D eigenvalue weighted by Gasteiger charge is 2.35. The number of hydrogen-bond acceptors (Lipinski definition) is 6. The van der Waals surface area contributed by atoms with Gasteiger partial charge in [0.05, 0.1) is 19.9 Å². The molecule has 2 heterocycles. The Hall–Kier alpha value is -3.61. The summed E-state index contributed by atoms with van der Waals surface area (Å²) in [7, 11) is 5.18. The number of ether oxygens (including phenoxy) is 4. The molecule has 0 bridgehead atoms. The fraction of sp³-hybridized carbons (Fsp3) is 0.261. The SMILES string of the molecule is COc1ccc2c(c1OC)C(NC(C)=O)N(C)c1c-2ccc2cc3c(cc12)OCO3. The molecular formula is C23H22N2O5. The van der Waals surface area contributed by atoms with Crippen LogP contribution in [0, 0.1) is 0 Å². The van der Waals surface area contributed by atoms with Gasteiger partial charge in [-0.2, -0.15) is 0 Å². The first-order chi connectivity index (χ1) is 14.5. The van der Waals surface area contributed by atoms with E-state index in [-0.39, 0.29) is 12.7 Å². The number of carbonyl (C=O) groups excluding carboxylic acids is 1. The van der Waals surface area contributed by atoms with Crippen LogP contribution in [0.25, 0.3) is 21.9 Å². The van der Waals surface area contributed by atoms with Gasteiger partial charge >= 0.3 is 0 Å². The Balaban J connectivity index is 1.83. The number of hydrogen-bond donors (Lipinski definition) is 1. The van der Waals surface area contributed by atoms with E-state index >= 15 is 0 Å². The zero-order valence-corrected chi connectivity index (χ0v) is 17.2. The molecule has 30 heavy (non-hydrogen) atoms. The summed E-state index contributed by atoms with van der Waals surface area (Å²) in [5, 5.41) is 5.13. The Morgan fingerprint density at radius 1 is 1.07 bits per heavy atom. The second kappa shape index (κ2) is 6.73. The molecule has 3 aromatic rings. The maximum atomic E-state index is 12.1. The molecular weight excluding hydrogens is 384 g/mol. The molecule has 3 aromatic carbocycles. The lowest BCUT2D eigenvalue weighted by molar-refractivity contribution is -0.119. The molecule has 0 saturated carbocycles. The van der Waals surface area contributed by atoms with Crippen molar-refractivity contribution >= 4 is 22.4 Å². The summed E-state index contributed by atoms with van der Waals surface area (Å²) >= 11 is 0. The van der Waals surface area contributed by atoms with Crippen LogP contribution >= 0.6 is 0 Å². The zero-order valence-electron chi connectivity index (χ0n) is 17.2. The monoisotopic (exact) mass is 406 g/mol. The third kappa shape index (κ3) is 2.55. The van der Waals surface area contributed by atoms with Crippen LogP contribution in [0.1, 0.15) is 18.7 Å². The summed E-state index contributed by atoms with van der Waals surface area (Å²) in [5.74, 6) is 2.55. The summed E-state index contributed by atoms with van der Waals surface area (Å²) in [6, 6.07) is 12.1. The highest BCUT2D eigenvalue weighted by atomic mass is 16.7. The molecule has 0 aliphatic carbocycles. The summed E-state index contributed by atoms with van der Waals surface area (Å²) in [6.07, 6.45) is -0.425. The van der Waals surface area contributed by atoms with Gasteiger partial charge in [0.1, 0.15) is 6.17 Å². The van der Waals surface area contributed by atoms with E-state index in [1.54, 1.807) is 14.2 Å². The van der Waals surface area contributed by atoms with Crippen molar-refractivity contribution in [2.75, 3.05) is 33.0 Å². The van der Waals surface area contributed by atoms with Gasteiger partial charge in [0.25, 0.3) is 0 Å². The number of carbonyl (C=O) groups is 1. The average molecular weight is 406 g/mol. The normalized spacial score (nSPS) is 16.1. The number of nitrogens with one attached hydrogen (secondary N) is 1. The summed E-state index contributed by atoms with van der Waals surface area (Å²) < 4.78 is 22.4. The molecule has 2 aliphatic rings. The van der Waals surface area contributed by atoms with Gasteiger partial charge in [-0.05, 0) is 35.2 Å². The molecule has 0 fully saturated rings. The maximum absolute atomic E-state index is 12.1. The van der Waals surface area contributed by atoms with Crippen molar-refractivity contribution in [3.63, 3.8) is 0 Å². The van der Waals surface area contributed by atoms with Crippen LogP contribution in [-0.2, 0) is 4.79 Å². The quantitative estimate of drug-likeness (QED) is 0.713. The van der Waals surface area contributed by atoms with E-state index in [1.807, 2.05) is 31.3 Å². The van der Waals surface area contributed by atoms with E-state index in [1.165, 1.54) is 6.92 Å². The Morgan fingerprint density at radius 3 is 2.50 bits per heavy atom. The maximum Gasteiger partial charge on any atom is 0.231 e. The summed E-state index contributed by atoms with van der Waals surface area (Å²) in [4.78, 5) is 14.2. The molecule has 1 amide bonds. The van der Waals surface area contributed by atoms with Crippen LogP contribution in [-0.4, -0.2) is 34.0 Å². The number of benzene rings is 3. The largest absolute Gasteiger partial charge is 0.493 e. The molecule has 7 nitrogen and oxygen atoms in total. The smallest absolute Gasteiger partial charge is 0.231 e. The van der Waals surface area contributed by atoms with Gasteiger partial charge in [-0.25, -0.2) is 0 Å². The Labute approximate surface area is 174 Å². The molecule has 7 heteroatoms. The Kier molecular flexibility index (Phi) is 4.13. The van der Waals surface area contributed by atoms with Crippen molar-refractivity contribution in [2.45, 2.75) is 13.1 Å². The van der Waals surface area contributed by atoms with E-state index < -0.39 is 6.17 Å². The van der Waals surface area contributed by atoms with E-state index in [0.717, 1.165) is 44.6 Å². The lowest BCUT2D eigenvalue weighted by Crippen LogP contribution is -2.41. The van der Waals surface area contributed by atoms with Crippen molar-refractivity contribution in [3.8, 4) is 34.1 Å². The molecule has 5 rings (SSSR count). The minimum atomic E-state index is -0.425. The fourth-order valence-corrected chi connectivity index (χ4v) is 4.44. The van der Waals surface area contributed by atoms with Crippen LogP contribution in [0.4, 0.5) is 5.69 Å². The van der Waals surface area contributed by atoms with Crippen LogP contribution < -0.4 is 29.2 Å². The fourth-order valence-electron chi connectivity index (χ4n) is 4.44. The van der Waals surface area contributed by atoms with E-state index in [0.29, 0.717) is 11.5 Å². The minimum absolute atomic E-state index is 0.135. The number of methoxy groups -OCH3 is 2. The first-order valence-electron chi connectivity index (χ1n) is 9.65. The number of nitrogens with zero attached hydrogens (tertiary/aromatic N) is 1. The zero-order chi connectivity index (χ0) is 21.0. The topological polar surface area (TPSA) is 69.3 Å². The van der Waals surface area contributed by atoms with Crippen molar-refractivity contribution in [1.29, 1.82) is 0 Å². The predicted molar refractivity (Wildman–Crippen MR) is 114 cm³/mol. The van der Waals surface area contributed by atoms with Crippen LogP contribution in [0.2, 0.25) is 0 Å². The molecule has 1 N–H and O–H groups in total. The molecule has 2 aliphatic heterocycles. The van der Waals surface area contributed by atoms with Crippen molar-refractivity contribution in [1.82, 2.24) is 5.32 Å². The first-order valence-corrected chi connectivity index (χ1v) is 9.65. The number of fused-ring (bicyclic) bond motifs is 6. The standard InChI is InChI=1S/C23H22N2O5/c1-12(26)24-23-20-14(7-8-17(27-3)22(20)28-4)15-6-5-13-9-18-19(30-11-29-18)10-16(13)21(15)25(23)2/h5-10,23H,11H2,1-4H3,(H,24,26). The summed E-state index contributed by atoms with van der Waals surface area (Å²) in [6.45, 7) is 1.73. The lowest BCUT2D eigenvalue weighted by atomic mass is 9.88. The third-order valence-corrected chi connectivity index (χ3v) is 5.71. The second-order valence-electron chi connectivity index (χ2n) is 7.36. The Bertz CT molecular complexity index is 1190. The van der Waals surface area contributed by atoms with Gasteiger partial charge in [-0.1, -0.05) is 12.1 Å². The van der Waals surface area contributed by atoms with Gasteiger partial charge in [0.15, 0.2) is 23.0 Å². The molecule has 154 valence electrons. The molecule has 1 unspecified atom stereocenters. The molecule has 0 radical (unpaired) electrons. The minimum Gasteiger partial charge on any atom is -0.493 e. The van der Waals surface area contributed by atoms with Crippen LogP contribution in [0.15, 0.2) is 36.4 Å². The number of amides is 1. The van der Waals surface area contributed by atoms with Gasteiger partial charge < -0.3 is 29.2 Å². The van der Waals surface area contributed by atoms with E-state index in [9.17, 15) is 4.79 Å². The average Bonchev–Trinajstić information content (AvgIpc) is 3.20.